The molecule has 0 fully saturated rings. The number of carbonyl (C=O) groups is 1. The maximum absolute atomic E-state index is 13.1. The fourth-order valence-corrected chi connectivity index (χ4v) is 1.74. The van der Waals surface area contributed by atoms with Crippen molar-refractivity contribution in [3.8, 4) is 11.1 Å². The summed E-state index contributed by atoms with van der Waals surface area (Å²) in [4.78, 5) is 14.5. The number of nitrogens with zero attached hydrogens (tertiary/aromatic N) is 1. The molecular formula is C12H6Cl2FNO. The number of carbonyl (C=O) groups excluding carboxylic acids is 1. The van der Waals surface area contributed by atoms with E-state index in [4.69, 9.17) is 23.2 Å². The van der Waals surface area contributed by atoms with E-state index in [9.17, 15) is 9.18 Å². The lowest BCUT2D eigenvalue weighted by molar-refractivity contribution is 0.111. The highest BCUT2D eigenvalue weighted by Crippen LogP contribution is 2.29. The summed E-state index contributed by atoms with van der Waals surface area (Å²) in [5, 5.41) is 0.734. The molecule has 0 radical (unpaired) electrons. The molecule has 86 valence electrons. The van der Waals surface area contributed by atoms with E-state index in [0.717, 1.165) is 6.20 Å². The summed E-state index contributed by atoms with van der Waals surface area (Å²) in [6.07, 6.45) is 1.56. The van der Waals surface area contributed by atoms with E-state index in [1.807, 2.05) is 0 Å². The molecule has 1 aromatic carbocycles. The Morgan fingerprint density at radius 1 is 1.18 bits per heavy atom. The van der Waals surface area contributed by atoms with Crippen molar-refractivity contribution in [1.29, 1.82) is 0 Å². The van der Waals surface area contributed by atoms with Crippen LogP contribution in [0.25, 0.3) is 11.1 Å². The molecule has 0 N–H and O–H groups in total. The summed E-state index contributed by atoms with van der Waals surface area (Å²) in [5.74, 6) is -0.517. The highest BCUT2D eigenvalue weighted by atomic mass is 35.5. The van der Waals surface area contributed by atoms with Crippen LogP contribution in [0.2, 0.25) is 10.0 Å². The second-order valence-electron chi connectivity index (χ2n) is 3.33. The zero-order valence-electron chi connectivity index (χ0n) is 8.45. The van der Waals surface area contributed by atoms with E-state index in [2.05, 4.69) is 4.98 Å². The normalized spacial score (nSPS) is 10.3. The van der Waals surface area contributed by atoms with Gasteiger partial charge in [0.2, 0.25) is 0 Å². The van der Waals surface area contributed by atoms with Crippen LogP contribution in [0, 0.1) is 5.82 Å². The molecule has 0 bridgehead atoms. The molecule has 0 aliphatic heterocycles. The molecule has 2 aromatic rings. The fraction of sp³-hybridized carbons (Fsp3) is 0. The Morgan fingerprint density at radius 3 is 2.59 bits per heavy atom. The number of rotatable bonds is 2. The second kappa shape index (κ2) is 4.82. The van der Waals surface area contributed by atoms with Gasteiger partial charge in [0.1, 0.15) is 11.5 Å². The zero-order valence-corrected chi connectivity index (χ0v) is 9.97. The molecule has 0 aliphatic carbocycles. The van der Waals surface area contributed by atoms with E-state index in [0.29, 0.717) is 27.5 Å². The highest BCUT2D eigenvalue weighted by molar-refractivity contribution is 6.42. The van der Waals surface area contributed by atoms with Crippen LogP contribution in [0.5, 0.6) is 0 Å². The summed E-state index contributed by atoms with van der Waals surface area (Å²) in [6, 6.07) is 6.03. The van der Waals surface area contributed by atoms with Crippen LogP contribution in [0.3, 0.4) is 0 Å². The first-order valence-electron chi connectivity index (χ1n) is 4.68. The van der Waals surface area contributed by atoms with Crippen LogP contribution >= 0.6 is 23.2 Å². The van der Waals surface area contributed by atoms with Gasteiger partial charge in [-0.05, 0) is 23.8 Å². The average molecular weight is 270 g/mol. The smallest absolute Gasteiger partial charge is 0.169 e. The maximum Gasteiger partial charge on any atom is 0.169 e. The van der Waals surface area contributed by atoms with Gasteiger partial charge >= 0.3 is 0 Å². The summed E-state index contributed by atoms with van der Waals surface area (Å²) < 4.78 is 13.1. The van der Waals surface area contributed by atoms with Crippen molar-refractivity contribution in [2.45, 2.75) is 0 Å². The molecule has 0 aliphatic rings. The minimum Gasteiger partial charge on any atom is -0.296 e. The molecule has 5 heteroatoms. The van der Waals surface area contributed by atoms with Crippen LogP contribution in [0.4, 0.5) is 4.39 Å². The first-order chi connectivity index (χ1) is 8.11. The number of hydrogen-bond donors (Lipinski definition) is 0. The first kappa shape index (κ1) is 12.0. The molecule has 17 heavy (non-hydrogen) atoms. The zero-order chi connectivity index (χ0) is 12.4. The number of halogens is 3. The van der Waals surface area contributed by atoms with Crippen molar-refractivity contribution in [3.05, 3.63) is 52.0 Å². The summed E-state index contributed by atoms with van der Waals surface area (Å²) in [6.45, 7) is 0. The van der Waals surface area contributed by atoms with Crippen molar-refractivity contribution in [1.82, 2.24) is 4.98 Å². The van der Waals surface area contributed by atoms with Crippen molar-refractivity contribution in [3.63, 3.8) is 0 Å². The minimum atomic E-state index is -0.517. The lowest BCUT2D eigenvalue weighted by Gasteiger charge is -2.05. The van der Waals surface area contributed by atoms with Gasteiger partial charge in [-0.3, -0.25) is 4.79 Å². The van der Waals surface area contributed by atoms with E-state index in [-0.39, 0.29) is 5.69 Å². The number of aromatic nitrogens is 1. The Labute approximate surface area is 107 Å². The van der Waals surface area contributed by atoms with Crippen LogP contribution < -0.4 is 0 Å². The minimum absolute atomic E-state index is 0.157. The number of pyridine rings is 1. The summed E-state index contributed by atoms with van der Waals surface area (Å²) in [7, 11) is 0. The van der Waals surface area contributed by atoms with Crippen LogP contribution in [-0.4, -0.2) is 11.3 Å². The van der Waals surface area contributed by atoms with Gasteiger partial charge in [-0.2, -0.15) is 0 Å². The quantitative estimate of drug-likeness (QED) is 0.772. The maximum atomic E-state index is 13.1. The lowest BCUT2D eigenvalue weighted by atomic mass is 10.0. The topological polar surface area (TPSA) is 30.0 Å². The largest absolute Gasteiger partial charge is 0.296 e. The van der Waals surface area contributed by atoms with Crippen molar-refractivity contribution in [2.75, 3.05) is 0 Å². The van der Waals surface area contributed by atoms with Gasteiger partial charge in [0.25, 0.3) is 0 Å². The Morgan fingerprint density at radius 2 is 1.94 bits per heavy atom. The molecule has 0 unspecified atom stereocenters. The number of aldehydes is 1. The monoisotopic (exact) mass is 269 g/mol. The third-order valence-corrected chi connectivity index (χ3v) is 2.97. The standard InChI is InChI=1S/C12H6Cl2FNO/c13-10-2-1-7(3-11(10)14)9-4-8(15)5-16-12(9)6-17/h1-6H. The van der Waals surface area contributed by atoms with Gasteiger partial charge in [0, 0.05) is 5.56 Å². The summed E-state index contributed by atoms with van der Waals surface area (Å²) in [5.41, 5.74) is 1.14. The lowest BCUT2D eigenvalue weighted by Crippen LogP contribution is -1.93. The summed E-state index contributed by atoms with van der Waals surface area (Å²) >= 11 is 11.6. The predicted molar refractivity (Wildman–Crippen MR) is 65.0 cm³/mol. The van der Waals surface area contributed by atoms with Crippen molar-refractivity contribution < 1.29 is 9.18 Å². The molecule has 0 saturated heterocycles. The Balaban J connectivity index is 2.62. The molecule has 0 saturated carbocycles. The Kier molecular flexibility index (Phi) is 3.41. The fourth-order valence-electron chi connectivity index (χ4n) is 1.44. The van der Waals surface area contributed by atoms with E-state index in [1.165, 1.54) is 6.07 Å². The third-order valence-electron chi connectivity index (χ3n) is 2.23. The molecule has 0 spiro atoms. The van der Waals surface area contributed by atoms with Gasteiger partial charge in [0.05, 0.1) is 16.2 Å². The molecule has 1 heterocycles. The Bertz CT molecular complexity index is 587. The van der Waals surface area contributed by atoms with E-state index < -0.39 is 5.82 Å². The number of benzene rings is 1. The first-order valence-corrected chi connectivity index (χ1v) is 5.43. The molecule has 0 atom stereocenters. The van der Waals surface area contributed by atoms with Gasteiger partial charge < -0.3 is 0 Å². The highest BCUT2D eigenvalue weighted by Gasteiger charge is 2.09. The average Bonchev–Trinajstić information content (AvgIpc) is 2.32. The van der Waals surface area contributed by atoms with Crippen LogP contribution in [0.1, 0.15) is 10.5 Å². The van der Waals surface area contributed by atoms with Crippen LogP contribution in [-0.2, 0) is 0 Å². The van der Waals surface area contributed by atoms with Gasteiger partial charge in [0.15, 0.2) is 6.29 Å². The number of hydrogen-bond acceptors (Lipinski definition) is 2. The van der Waals surface area contributed by atoms with Gasteiger partial charge in [-0.25, -0.2) is 9.37 Å². The van der Waals surface area contributed by atoms with Crippen molar-refractivity contribution in [2.24, 2.45) is 0 Å². The van der Waals surface area contributed by atoms with E-state index in [1.54, 1.807) is 18.2 Å². The molecule has 1 aromatic heterocycles. The predicted octanol–water partition coefficient (Wildman–Crippen LogP) is 4.01. The van der Waals surface area contributed by atoms with Crippen LogP contribution in [0.15, 0.2) is 30.5 Å². The Hall–Kier alpha value is -1.45. The second-order valence-corrected chi connectivity index (χ2v) is 4.15. The SMILES string of the molecule is O=Cc1ncc(F)cc1-c1ccc(Cl)c(Cl)c1. The van der Waals surface area contributed by atoms with Gasteiger partial charge in [-0.1, -0.05) is 29.3 Å². The molecule has 2 rings (SSSR count). The van der Waals surface area contributed by atoms with Gasteiger partial charge in [-0.15, -0.1) is 0 Å². The third kappa shape index (κ3) is 2.46. The van der Waals surface area contributed by atoms with Crippen molar-refractivity contribution >= 4 is 29.5 Å². The molecule has 2 nitrogen and oxygen atoms in total. The molecular weight excluding hydrogens is 264 g/mol. The molecule has 0 amide bonds. The van der Waals surface area contributed by atoms with E-state index >= 15 is 0 Å².